The van der Waals surface area contributed by atoms with Gasteiger partial charge in [0.2, 0.25) is 5.91 Å². The number of urea groups is 1. The van der Waals surface area contributed by atoms with Crippen LogP contribution in [0.2, 0.25) is 5.02 Å². The van der Waals surface area contributed by atoms with Crippen molar-refractivity contribution in [2.45, 2.75) is 51.0 Å². The second kappa shape index (κ2) is 9.73. The largest absolute Gasteiger partial charge is 0.452 e. The minimum atomic E-state index is -0.739. The third-order valence-corrected chi connectivity index (χ3v) is 5.39. The molecule has 156 valence electrons. The molecule has 1 saturated carbocycles. The molecule has 0 spiro atoms. The summed E-state index contributed by atoms with van der Waals surface area (Å²) in [5.41, 5.74) is 0.614. The SMILES string of the molecule is O=C(COC(=O)c1ccc(Cl)c(N2CCCC2=O)c1)NC(=O)NC1CCCCC1. The first kappa shape index (κ1) is 21.1. The average Bonchev–Trinajstić information content (AvgIpc) is 3.13. The molecule has 2 fully saturated rings. The maximum atomic E-state index is 12.3. The standard InChI is InChI=1S/C20H24ClN3O5/c21-15-9-8-13(11-16(15)24-10-4-7-18(24)26)19(27)29-12-17(25)23-20(28)22-14-5-2-1-3-6-14/h8-9,11,14H,1-7,10,12H2,(H2,22,23,25,28). The summed E-state index contributed by atoms with van der Waals surface area (Å²) in [6.45, 7) is -0.0485. The number of hydrogen-bond donors (Lipinski definition) is 2. The summed E-state index contributed by atoms with van der Waals surface area (Å²) in [7, 11) is 0. The number of hydrogen-bond acceptors (Lipinski definition) is 5. The minimum absolute atomic E-state index is 0.0548. The van der Waals surface area contributed by atoms with Gasteiger partial charge in [0.15, 0.2) is 6.61 Å². The van der Waals surface area contributed by atoms with Crippen molar-refractivity contribution in [2.75, 3.05) is 18.1 Å². The first-order chi connectivity index (χ1) is 13.9. The van der Waals surface area contributed by atoms with Gasteiger partial charge in [0.05, 0.1) is 16.3 Å². The summed E-state index contributed by atoms with van der Waals surface area (Å²) in [5.74, 6) is -1.51. The highest BCUT2D eigenvalue weighted by atomic mass is 35.5. The molecule has 1 aromatic rings. The molecule has 0 radical (unpaired) electrons. The van der Waals surface area contributed by atoms with Crippen molar-refractivity contribution in [3.05, 3.63) is 28.8 Å². The summed E-state index contributed by atoms with van der Waals surface area (Å²) >= 11 is 6.16. The van der Waals surface area contributed by atoms with E-state index in [1.165, 1.54) is 23.1 Å². The minimum Gasteiger partial charge on any atom is -0.452 e. The fourth-order valence-electron chi connectivity index (χ4n) is 3.59. The van der Waals surface area contributed by atoms with E-state index < -0.39 is 24.5 Å². The van der Waals surface area contributed by atoms with E-state index in [9.17, 15) is 19.2 Å². The van der Waals surface area contributed by atoms with Crippen LogP contribution in [0, 0.1) is 0 Å². The van der Waals surface area contributed by atoms with Crippen molar-refractivity contribution in [3.8, 4) is 0 Å². The second-order valence-corrected chi connectivity index (χ2v) is 7.66. The zero-order chi connectivity index (χ0) is 20.8. The average molecular weight is 422 g/mol. The molecule has 1 aliphatic heterocycles. The van der Waals surface area contributed by atoms with Gasteiger partial charge in [-0.3, -0.25) is 14.9 Å². The fraction of sp³-hybridized carbons (Fsp3) is 0.500. The molecular formula is C20H24ClN3O5. The van der Waals surface area contributed by atoms with E-state index in [4.69, 9.17) is 16.3 Å². The smallest absolute Gasteiger partial charge is 0.338 e. The topological polar surface area (TPSA) is 105 Å². The number of nitrogens with one attached hydrogen (secondary N) is 2. The van der Waals surface area contributed by atoms with Crippen LogP contribution >= 0.6 is 11.6 Å². The molecule has 0 bridgehead atoms. The molecule has 1 aliphatic carbocycles. The number of carbonyl (C=O) groups is 4. The first-order valence-corrected chi connectivity index (χ1v) is 10.2. The lowest BCUT2D eigenvalue weighted by Gasteiger charge is -2.22. The predicted molar refractivity (Wildman–Crippen MR) is 107 cm³/mol. The molecule has 3 rings (SSSR count). The number of imide groups is 1. The molecule has 29 heavy (non-hydrogen) atoms. The molecule has 1 heterocycles. The summed E-state index contributed by atoms with van der Waals surface area (Å²) in [6, 6.07) is 3.93. The molecule has 4 amide bonds. The lowest BCUT2D eigenvalue weighted by atomic mass is 9.96. The summed E-state index contributed by atoms with van der Waals surface area (Å²) in [4.78, 5) is 49.5. The molecular weight excluding hydrogens is 398 g/mol. The van der Waals surface area contributed by atoms with Gasteiger partial charge in [0.1, 0.15) is 0 Å². The van der Waals surface area contributed by atoms with E-state index in [2.05, 4.69) is 10.6 Å². The molecule has 2 aliphatic rings. The van der Waals surface area contributed by atoms with Crippen LogP contribution in [-0.4, -0.2) is 43.0 Å². The van der Waals surface area contributed by atoms with Crippen molar-refractivity contribution in [1.29, 1.82) is 0 Å². The number of rotatable bonds is 5. The van der Waals surface area contributed by atoms with Crippen molar-refractivity contribution >= 4 is 41.1 Å². The Kier molecular flexibility index (Phi) is 7.09. The highest BCUT2D eigenvalue weighted by Crippen LogP contribution is 2.30. The fourth-order valence-corrected chi connectivity index (χ4v) is 3.81. The number of halogens is 1. The van der Waals surface area contributed by atoms with Crippen LogP contribution in [0.5, 0.6) is 0 Å². The molecule has 0 atom stereocenters. The lowest BCUT2D eigenvalue weighted by molar-refractivity contribution is -0.123. The molecule has 0 unspecified atom stereocenters. The molecule has 1 aromatic carbocycles. The first-order valence-electron chi connectivity index (χ1n) is 9.81. The Morgan fingerprint density at radius 3 is 2.59 bits per heavy atom. The van der Waals surface area contributed by atoms with E-state index in [-0.39, 0.29) is 17.5 Å². The zero-order valence-electron chi connectivity index (χ0n) is 16.0. The maximum absolute atomic E-state index is 12.3. The quantitative estimate of drug-likeness (QED) is 0.711. The molecule has 2 N–H and O–H groups in total. The lowest BCUT2D eigenvalue weighted by Crippen LogP contribution is -2.46. The molecule has 8 nitrogen and oxygen atoms in total. The number of carbonyl (C=O) groups excluding carboxylic acids is 4. The van der Waals surface area contributed by atoms with Crippen LogP contribution in [-0.2, 0) is 14.3 Å². The van der Waals surface area contributed by atoms with Gasteiger partial charge < -0.3 is 15.0 Å². The third-order valence-electron chi connectivity index (χ3n) is 5.07. The Hall–Kier alpha value is -2.61. The van der Waals surface area contributed by atoms with Crippen LogP contribution in [0.3, 0.4) is 0 Å². The van der Waals surface area contributed by atoms with Gasteiger partial charge in [-0.2, -0.15) is 0 Å². The van der Waals surface area contributed by atoms with Gasteiger partial charge in [-0.05, 0) is 37.5 Å². The number of anilines is 1. The number of nitrogens with zero attached hydrogens (tertiary/aromatic N) is 1. The molecule has 0 aromatic heterocycles. The highest BCUT2D eigenvalue weighted by Gasteiger charge is 2.25. The van der Waals surface area contributed by atoms with Gasteiger partial charge in [0, 0.05) is 19.0 Å². The van der Waals surface area contributed by atoms with E-state index >= 15 is 0 Å². The van der Waals surface area contributed by atoms with Gasteiger partial charge in [-0.1, -0.05) is 30.9 Å². The van der Waals surface area contributed by atoms with Crippen molar-refractivity contribution in [3.63, 3.8) is 0 Å². The molecule has 1 saturated heterocycles. The predicted octanol–water partition coefficient (Wildman–Crippen LogP) is 2.78. The monoisotopic (exact) mass is 421 g/mol. The van der Waals surface area contributed by atoms with Crippen LogP contribution in [0.1, 0.15) is 55.3 Å². The van der Waals surface area contributed by atoms with Gasteiger partial charge >= 0.3 is 12.0 Å². The Morgan fingerprint density at radius 1 is 1.14 bits per heavy atom. The van der Waals surface area contributed by atoms with Crippen LogP contribution in [0.25, 0.3) is 0 Å². The Morgan fingerprint density at radius 2 is 1.90 bits per heavy atom. The third kappa shape index (κ3) is 5.69. The summed E-state index contributed by atoms with van der Waals surface area (Å²) in [6.07, 6.45) is 6.24. The van der Waals surface area contributed by atoms with E-state index in [1.807, 2.05) is 0 Å². The maximum Gasteiger partial charge on any atom is 0.338 e. The second-order valence-electron chi connectivity index (χ2n) is 7.25. The van der Waals surface area contributed by atoms with Crippen molar-refractivity contribution in [1.82, 2.24) is 10.6 Å². The van der Waals surface area contributed by atoms with Crippen LogP contribution in [0.15, 0.2) is 18.2 Å². The van der Waals surface area contributed by atoms with Gasteiger partial charge in [-0.15, -0.1) is 0 Å². The van der Waals surface area contributed by atoms with E-state index in [0.29, 0.717) is 23.7 Å². The highest BCUT2D eigenvalue weighted by molar-refractivity contribution is 6.34. The van der Waals surface area contributed by atoms with Crippen LogP contribution < -0.4 is 15.5 Å². The number of amides is 4. The summed E-state index contributed by atoms with van der Waals surface area (Å²) in [5, 5.41) is 5.28. The van der Waals surface area contributed by atoms with E-state index in [0.717, 1.165) is 38.5 Å². The normalized spacial score (nSPS) is 17.1. The number of ether oxygens (including phenoxy) is 1. The molecule has 9 heteroatoms. The van der Waals surface area contributed by atoms with Crippen molar-refractivity contribution < 1.29 is 23.9 Å². The van der Waals surface area contributed by atoms with Crippen LogP contribution in [0.4, 0.5) is 10.5 Å². The van der Waals surface area contributed by atoms with E-state index in [1.54, 1.807) is 0 Å². The van der Waals surface area contributed by atoms with Crippen molar-refractivity contribution in [2.24, 2.45) is 0 Å². The Bertz CT molecular complexity index is 807. The Labute approximate surface area is 173 Å². The summed E-state index contributed by atoms with van der Waals surface area (Å²) < 4.78 is 4.99. The number of benzene rings is 1. The Balaban J connectivity index is 1.50. The zero-order valence-corrected chi connectivity index (χ0v) is 16.8. The van der Waals surface area contributed by atoms with Gasteiger partial charge in [-0.25, -0.2) is 9.59 Å². The number of esters is 1. The van der Waals surface area contributed by atoms with Gasteiger partial charge in [0.25, 0.3) is 5.91 Å².